The summed E-state index contributed by atoms with van der Waals surface area (Å²) in [5.74, 6) is -0.274. The minimum Gasteiger partial charge on any atom is -0.382 e. The van der Waals surface area contributed by atoms with Gasteiger partial charge in [-0.15, -0.1) is 0 Å². The molecule has 0 unspecified atom stereocenters. The van der Waals surface area contributed by atoms with Gasteiger partial charge in [0.05, 0.1) is 0 Å². The lowest BCUT2D eigenvalue weighted by molar-refractivity contribution is 0.0939. The fraction of sp³-hybridized carbons (Fsp3) is 0.333. The molecule has 0 atom stereocenters. The summed E-state index contributed by atoms with van der Waals surface area (Å²) >= 11 is 0. The molecule has 2 aromatic rings. The smallest absolute Gasteiger partial charge is 0.267 e. The Morgan fingerprint density at radius 1 is 1.35 bits per heavy atom. The molecule has 0 saturated carbocycles. The van der Waals surface area contributed by atoms with Crippen LogP contribution in [0.3, 0.4) is 0 Å². The number of rotatable bonds is 6. The van der Waals surface area contributed by atoms with E-state index < -0.39 is 0 Å². The van der Waals surface area contributed by atoms with Crippen LogP contribution >= 0.6 is 0 Å². The van der Waals surface area contributed by atoms with Crippen LogP contribution in [0, 0.1) is 0 Å². The molecule has 0 spiro atoms. The van der Waals surface area contributed by atoms with E-state index in [0.717, 1.165) is 11.8 Å². The van der Waals surface area contributed by atoms with Gasteiger partial charge in [-0.05, 0) is 30.9 Å². The third kappa shape index (κ3) is 3.45. The highest BCUT2D eigenvalue weighted by atomic mass is 16.5. The fourth-order valence-electron chi connectivity index (χ4n) is 1.95. The summed E-state index contributed by atoms with van der Waals surface area (Å²) in [6, 6.07) is 8.87. The molecule has 0 fully saturated rings. The zero-order valence-corrected chi connectivity index (χ0v) is 11.4. The van der Waals surface area contributed by atoms with Crippen LogP contribution in [0.5, 0.6) is 0 Å². The molecule has 5 nitrogen and oxygen atoms in total. The lowest BCUT2D eigenvalue weighted by Gasteiger charge is -2.06. The van der Waals surface area contributed by atoms with Gasteiger partial charge in [-0.2, -0.15) is 0 Å². The van der Waals surface area contributed by atoms with Crippen LogP contribution in [-0.4, -0.2) is 30.6 Å². The first-order chi connectivity index (χ1) is 9.72. The molecule has 0 radical (unpaired) electrons. The monoisotopic (exact) mass is 274 g/mol. The summed E-state index contributed by atoms with van der Waals surface area (Å²) in [6.07, 6.45) is 0.747. The Labute approximate surface area is 117 Å². The van der Waals surface area contributed by atoms with Crippen molar-refractivity contribution in [2.75, 3.05) is 19.8 Å². The molecule has 1 aromatic heterocycles. The number of hydrogen-bond donors (Lipinski definition) is 2. The van der Waals surface area contributed by atoms with Gasteiger partial charge in [-0.25, -0.2) is 0 Å². The third-order valence-electron chi connectivity index (χ3n) is 2.95. The molecular weight excluding hydrogens is 256 g/mol. The van der Waals surface area contributed by atoms with Gasteiger partial charge in [-0.3, -0.25) is 9.59 Å². The van der Waals surface area contributed by atoms with Gasteiger partial charge >= 0.3 is 0 Å². The number of nitrogens with one attached hydrogen (secondary N) is 2. The maximum Gasteiger partial charge on any atom is 0.267 e. The van der Waals surface area contributed by atoms with Gasteiger partial charge in [-0.1, -0.05) is 18.2 Å². The predicted molar refractivity (Wildman–Crippen MR) is 78.0 cm³/mol. The van der Waals surface area contributed by atoms with Crippen molar-refractivity contribution in [2.45, 2.75) is 13.3 Å². The van der Waals surface area contributed by atoms with E-state index in [1.165, 1.54) is 0 Å². The molecule has 1 aromatic carbocycles. The number of benzene rings is 1. The maximum atomic E-state index is 12.0. The minimum absolute atomic E-state index is 0.248. The van der Waals surface area contributed by atoms with Crippen LogP contribution in [0.15, 0.2) is 35.1 Å². The summed E-state index contributed by atoms with van der Waals surface area (Å²) in [4.78, 5) is 26.4. The number of fused-ring (bicyclic) bond motifs is 1. The Balaban J connectivity index is 2.05. The molecule has 2 rings (SSSR count). The number of pyridine rings is 1. The molecule has 0 aliphatic rings. The molecule has 0 bridgehead atoms. The lowest BCUT2D eigenvalue weighted by atomic mass is 10.1. The number of amides is 1. The van der Waals surface area contributed by atoms with E-state index >= 15 is 0 Å². The quantitative estimate of drug-likeness (QED) is 0.787. The first-order valence-electron chi connectivity index (χ1n) is 6.70. The normalized spacial score (nSPS) is 10.7. The van der Waals surface area contributed by atoms with Gasteiger partial charge in [0.2, 0.25) is 0 Å². The number of carbonyl (C=O) groups is 1. The summed E-state index contributed by atoms with van der Waals surface area (Å²) in [5, 5.41) is 4.10. The Morgan fingerprint density at radius 3 is 2.95 bits per heavy atom. The average molecular weight is 274 g/mol. The topological polar surface area (TPSA) is 71.2 Å². The number of hydrogen-bond acceptors (Lipinski definition) is 3. The van der Waals surface area contributed by atoms with Crippen molar-refractivity contribution in [3.05, 3.63) is 46.4 Å². The number of aromatic nitrogens is 1. The fourth-order valence-corrected chi connectivity index (χ4v) is 1.95. The maximum absolute atomic E-state index is 12.0. The highest BCUT2D eigenvalue weighted by molar-refractivity contribution is 5.96. The highest BCUT2D eigenvalue weighted by Gasteiger charge is 2.08. The van der Waals surface area contributed by atoms with Gasteiger partial charge in [0, 0.05) is 25.1 Å². The Bertz CT molecular complexity index is 649. The summed E-state index contributed by atoms with van der Waals surface area (Å²) in [7, 11) is 0. The summed E-state index contributed by atoms with van der Waals surface area (Å²) in [5.41, 5.74) is 0.0349. The van der Waals surface area contributed by atoms with Crippen LogP contribution in [0.2, 0.25) is 0 Å². The van der Waals surface area contributed by atoms with Crippen molar-refractivity contribution in [1.29, 1.82) is 0 Å². The van der Waals surface area contributed by atoms with Crippen molar-refractivity contribution < 1.29 is 9.53 Å². The lowest BCUT2D eigenvalue weighted by Crippen LogP contribution is -2.28. The second-order valence-corrected chi connectivity index (χ2v) is 4.41. The van der Waals surface area contributed by atoms with Gasteiger partial charge in [0.15, 0.2) is 0 Å². The van der Waals surface area contributed by atoms with Crippen LogP contribution in [-0.2, 0) is 4.74 Å². The van der Waals surface area contributed by atoms with Crippen LogP contribution in [0.4, 0.5) is 0 Å². The Morgan fingerprint density at radius 2 is 2.15 bits per heavy atom. The van der Waals surface area contributed by atoms with E-state index in [-0.39, 0.29) is 17.2 Å². The van der Waals surface area contributed by atoms with Crippen LogP contribution in [0.1, 0.15) is 23.8 Å². The molecule has 5 heteroatoms. The van der Waals surface area contributed by atoms with Crippen molar-refractivity contribution in [1.82, 2.24) is 10.3 Å². The highest BCUT2D eigenvalue weighted by Crippen LogP contribution is 2.09. The van der Waals surface area contributed by atoms with Gasteiger partial charge in [0.1, 0.15) is 5.69 Å². The van der Waals surface area contributed by atoms with E-state index in [0.29, 0.717) is 25.1 Å². The summed E-state index contributed by atoms with van der Waals surface area (Å²) < 4.78 is 5.19. The third-order valence-corrected chi connectivity index (χ3v) is 2.95. The molecule has 0 aliphatic carbocycles. The average Bonchev–Trinajstić information content (AvgIpc) is 2.47. The van der Waals surface area contributed by atoms with Crippen molar-refractivity contribution in [3.63, 3.8) is 0 Å². The number of aromatic amines is 1. The Kier molecular flexibility index (Phi) is 4.90. The molecular formula is C15H18N2O3. The van der Waals surface area contributed by atoms with Crippen molar-refractivity contribution >= 4 is 16.7 Å². The Hall–Kier alpha value is -2.14. The minimum atomic E-state index is -0.274. The SMILES string of the molecule is CCOCCCNC(=O)c1cc2ccccc2c(=O)[nH]1. The first kappa shape index (κ1) is 14.3. The number of carbonyl (C=O) groups excluding carboxylic acids is 1. The zero-order chi connectivity index (χ0) is 14.4. The van der Waals surface area contributed by atoms with E-state index in [1.807, 2.05) is 19.1 Å². The standard InChI is InChI=1S/C15H18N2O3/c1-2-20-9-5-8-16-15(19)13-10-11-6-3-4-7-12(11)14(18)17-13/h3-4,6-7,10H,2,5,8-9H2,1H3,(H,16,19)(H,17,18). The number of ether oxygens (including phenoxy) is 1. The van der Waals surface area contributed by atoms with E-state index in [4.69, 9.17) is 4.74 Å². The van der Waals surface area contributed by atoms with Gasteiger partial charge < -0.3 is 15.0 Å². The summed E-state index contributed by atoms with van der Waals surface area (Å²) in [6.45, 7) is 3.74. The van der Waals surface area contributed by atoms with E-state index in [1.54, 1.807) is 18.2 Å². The van der Waals surface area contributed by atoms with Crippen molar-refractivity contribution in [3.8, 4) is 0 Å². The second kappa shape index (κ2) is 6.86. The molecule has 1 amide bonds. The number of H-pyrrole nitrogens is 1. The molecule has 0 aliphatic heterocycles. The second-order valence-electron chi connectivity index (χ2n) is 4.41. The van der Waals surface area contributed by atoms with E-state index in [2.05, 4.69) is 10.3 Å². The predicted octanol–water partition coefficient (Wildman–Crippen LogP) is 1.68. The van der Waals surface area contributed by atoms with Crippen LogP contribution < -0.4 is 10.9 Å². The molecule has 1 heterocycles. The van der Waals surface area contributed by atoms with Crippen LogP contribution in [0.25, 0.3) is 10.8 Å². The molecule has 106 valence electrons. The zero-order valence-electron chi connectivity index (χ0n) is 11.4. The van der Waals surface area contributed by atoms with Gasteiger partial charge in [0.25, 0.3) is 11.5 Å². The molecule has 2 N–H and O–H groups in total. The largest absolute Gasteiger partial charge is 0.382 e. The first-order valence-corrected chi connectivity index (χ1v) is 6.70. The molecule has 20 heavy (non-hydrogen) atoms. The van der Waals surface area contributed by atoms with E-state index in [9.17, 15) is 9.59 Å². The molecule has 0 saturated heterocycles. The van der Waals surface area contributed by atoms with Crippen molar-refractivity contribution in [2.24, 2.45) is 0 Å².